The van der Waals surface area contributed by atoms with Crippen molar-refractivity contribution in [2.75, 3.05) is 23.3 Å². The summed E-state index contributed by atoms with van der Waals surface area (Å²) < 4.78 is 71.6. The van der Waals surface area contributed by atoms with Gasteiger partial charge in [0.25, 0.3) is 10.0 Å². The Kier molecular flexibility index (Phi) is 7.26. The van der Waals surface area contributed by atoms with Crippen LogP contribution in [0.5, 0.6) is 0 Å². The monoisotopic (exact) mass is 492 g/mol. The molecule has 34 heavy (non-hydrogen) atoms. The number of hydrogen-bond acceptors (Lipinski definition) is 5. The molecule has 0 bridgehead atoms. The standard InChI is InChI=1S/C23H19F3N2O5S/c1-33-22(30)19-12-5-6-13-20(19)27-21(29)15-28(34(31,32)18-10-3-2-4-11-18)17-9-7-8-16(14-17)23(24,25)26/h2-14H,15H2,1H3,(H,27,29). The van der Waals surface area contributed by atoms with Gasteiger partial charge in [-0.05, 0) is 42.5 Å². The van der Waals surface area contributed by atoms with Gasteiger partial charge < -0.3 is 10.1 Å². The average molecular weight is 492 g/mol. The number of carbonyl (C=O) groups excluding carboxylic acids is 2. The molecule has 0 aliphatic rings. The lowest BCUT2D eigenvalue weighted by atomic mass is 10.1. The van der Waals surface area contributed by atoms with Crippen molar-refractivity contribution < 1.29 is 35.9 Å². The number of benzene rings is 3. The second-order valence-corrected chi connectivity index (χ2v) is 8.82. The van der Waals surface area contributed by atoms with Gasteiger partial charge in [-0.1, -0.05) is 36.4 Å². The number of halogens is 3. The van der Waals surface area contributed by atoms with Crippen LogP contribution >= 0.6 is 0 Å². The molecule has 0 radical (unpaired) electrons. The molecular formula is C23H19F3N2O5S. The van der Waals surface area contributed by atoms with E-state index in [9.17, 15) is 31.2 Å². The highest BCUT2D eigenvalue weighted by atomic mass is 32.2. The number of methoxy groups -OCH3 is 1. The summed E-state index contributed by atoms with van der Waals surface area (Å²) in [4.78, 5) is 24.6. The third-order valence-electron chi connectivity index (χ3n) is 4.69. The molecule has 0 atom stereocenters. The molecule has 3 aromatic carbocycles. The number of alkyl halides is 3. The van der Waals surface area contributed by atoms with Gasteiger partial charge in [0.2, 0.25) is 5.91 Å². The molecule has 0 unspecified atom stereocenters. The van der Waals surface area contributed by atoms with Gasteiger partial charge in [0.15, 0.2) is 0 Å². The first-order chi connectivity index (χ1) is 16.0. The maximum atomic E-state index is 13.3. The maximum Gasteiger partial charge on any atom is 0.416 e. The molecule has 1 amide bonds. The number of para-hydroxylation sites is 1. The zero-order valence-corrected chi connectivity index (χ0v) is 18.6. The van der Waals surface area contributed by atoms with Crippen molar-refractivity contribution in [3.05, 3.63) is 90.0 Å². The Morgan fingerprint density at radius 2 is 1.59 bits per heavy atom. The molecule has 3 rings (SSSR count). The van der Waals surface area contributed by atoms with Crippen molar-refractivity contribution in [2.45, 2.75) is 11.1 Å². The molecule has 11 heteroatoms. The van der Waals surface area contributed by atoms with Crippen molar-refractivity contribution in [3.8, 4) is 0 Å². The van der Waals surface area contributed by atoms with Gasteiger partial charge in [0, 0.05) is 0 Å². The highest BCUT2D eigenvalue weighted by molar-refractivity contribution is 7.92. The third-order valence-corrected chi connectivity index (χ3v) is 6.47. The molecule has 0 heterocycles. The fraction of sp³-hybridized carbons (Fsp3) is 0.130. The number of anilines is 2. The van der Waals surface area contributed by atoms with Crippen LogP contribution < -0.4 is 9.62 Å². The Morgan fingerprint density at radius 3 is 2.24 bits per heavy atom. The number of esters is 1. The Morgan fingerprint density at radius 1 is 0.941 bits per heavy atom. The Hall–Kier alpha value is -3.86. The largest absolute Gasteiger partial charge is 0.465 e. The van der Waals surface area contributed by atoms with E-state index in [0.29, 0.717) is 10.4 Å². The third kappa shape index (κ3) is 5.54. The summed E-state index contributed by atoms with van der Waals surface area (Å²) in [5.74, 6) is -1.61. The van der Waals surface area contributed by atoms with Crippen molar-refractivity contribution in [3.63, 3.8) is 0 Å². The van der Waals surface area contributed by atoms with E-state index in [4.69, 9.17) is 0 Å². The van der Waals surface area contributed by atoms with Crippen LogP contribution in [0.25, 0.3) is 0 Å². The zero-order chi connectivity index (χ0) is 24.9. The van der Waals surface area contributed by atoms with Gasteiger partial charge in [-0.2, -0.15) is 13.2 Å². The van der Waals surface area contributed by atoms with Crippen molar-refractivity contribution >= 4 is 33.3 Å². The number of nitrogens with zero attached hydrogens (tertiary/aromatic N) is 1. The highest BCUT2D eigenvalue weighted by Gasteiger charge is 2.33. The summed E-state index contributed by atoms with van der Waals surface area (Å²) in [5, 5.41) is 2.43. The Balaban J connectivity index is 2.01. The summed E-state index contributed by atoms with van der Waals surface area (Å²) in [5.41, 5.74) is -1.35. The number of ether oxygens (including phenoxy) is 1. The summed E-state index contributed by atoms with van der Waals surface area (Å²) >= 11 is 0. The molecule has 7 nitrogen and oxygen atoms in total. The molecule has 0 aromatic heterocycles. The summed E-state index contributed by atoms with van der Waals surface area (Å²) in [7, 11) is -3.27. The van der Waals surface area contributed by atoms with E-state index in [1.165, 1.54) is 48.5 Å². The maximum absolute atomic E-state index is 13.3. The minimum Gasteiger partial charge on any atom is -0.465 e. The summed E-state index contributed by atoms with van der Waals surface area (Å²) in [6.07, 6.45) is -4.72. The summed E-state index contributed by atoms with van der Waals surface area (Å²) in [6.45, 7) is -0.853. The number of carbonyl (C=O) groups is 2. The molecule has 178 valence electrons. The van der Waals surface area contributed by atoms with Gasteiger partial charge >= 0.3 is 12.1 Å². The van der Waals surface area contributed by atoms with Crippen LogP contribution in [0.15, 0.2) is 83.8 Å². The van der Waals surface area contributed by atoms with Crippen molar-refractivity contribution in [1.29, 1.82) is 0 Å². The molecule has 0 saturated carbocycles. The molecule has 0 saturated heterocycles. The van der Waals surface area contributed by atoms with E-state index in [-0.39, 0.29) is 21.8 Å². The molecule has 1 N–H and O–H groups in total. The molecule has 3 aromatic rings. The quantitative estimate of drug-likeness (QED) is 0.496. The van der Waals surface area contributed by atoms with Gasteiger partial charge in [0.05, 0.1) is 34.5 Å². The first kappa shape index (κ1) is 24.8. The molecule has 0 aliphatic carbocycles. The molecule has 0 spiro atoms. The normalized spacial score (nSPS) is 11.5. The van der Waals surface area contributed by atoms with E-state index in [0.717, 1.165) is 25.3 Å². The Bertz CT molecular complexity index is 1300. The smallest absolute Gasteiger partial charge is 0.416 e. The number of hydrogen-bond donors (Lipinski definition) is 1. The van der Waals surface area contributed by atoms with Gasteiger partial charge in [-0.25, -0.2) is 13.2 Å². The number of sulfonamides is 1. The van der Waals surface area contributed by atoms with Crippen LogP contribution in [0, 0.1) is 0 Å². The fourth-order valence-corrected chi connectivity index (χ4v) is 4.51. The van der Waals surface area contributed by atoms with Crippen molar-refractivity contribution in [1.82, 2.24) is 0 Å². The molecule has 0 fully saturated rings. The highest BCUT2D eigenvalue weighted by Crippen LogP contribution is 2.33. The van der Waals surface area contributed by atoms with Crippen LogP contribution in [-0.2, 0) is 25.7 Å². The van der Waals surface area contributed by atoms with E-state index < -0.39 is 40.2 Å². The van der Waals surface area contributed by atoms with Gasteiger partial charge in [0.1, 0.15) is 6.54 Å². The van der Waals surface area contributed by atoms with Crippen LogP contribution in [0.2, 0.25) is 0 Å². The second kappa shape index (κ2) is 9.96. The lowest BCUT2D eigenvalue weighted by molar-refractivity contribution is -0.137. The fourth-order valence-electron chi connectivity index (χ4n) is 3.07. The lowest BCUT2D eigenvalue weighted by Crippen LogP contribution is -2.38. The van der Waals surface area contributed by atoms with E-state index >= 15 is 0 Å². The van der Waals surface area contributed by atoms with Gasteiger partial charge in [-0.3, -0.25) is 9.10 Å². The predicted molar refractivity (Wildman–Crippen MR) is 119 cm³/mol. The van der Waals surface area contributed by atoms with Crippen molar-refractivity contribution in [2.24, 2.45) is 0 Å². The SMILES string of the molecule is COC(=O)c1ccccc1NC(=O)CN(c1cccc(C(F)(F)F)c1)S(=O)(=O)c1ccccc1. The molecule has 0 aliphatic heterocycles. The van der Waals surface area contributed by atoms with Crippen LogP contribution in [-0.4, -0.2) is 33.9 Å². The summed E-state index contributed by atoms with van der Waals surface area (Å²) in [6, 6.07) is 16.5. The van der Waals surface area contributed by atoms with E-state index in [2.05, 4.69) is 10.1 Å². The number of rotatable bonds is 7. The first-order valence-corrected chi connectivity index (χ1v) is 11.2. The second-order valence-electron chi connectivity index (χ2n) is 6.96. The van der Waals surface area contributed by atoms with Crippen LogP contribution in [0.1, 0.15) is 15.9 Å². The average Bonchev–Trinajstić information content (AvgIpc) is 2.82. The number of amides is 1. The van der Waals surface area contributed by atoms with Crippen LogP contribution in [0.3, 0.4) is 0 Å². The lowest BCUT2D eigenvalue weighted by Gasteiger charge is -2.25. The van der Waals surface area contributed by atoms with E-state index in [1.807, 2.05) is 0 Å². The van der Waals surface area contributed by atoms with E-state index in [1.54, 1.807) is 6.07 Å². The minimum atomic E-state index is -4.72. The minimum absolute atomic E-state index is 0.0230. The first-order valence-electron chi connectivity index (χ1n) is 9.76. The molecular weight excluding hydrogens is 473 g/mol. The predicted octanol–water partition coefficient (Wildman–Crippen LogP) is 4.33. The zero-order valence-electron chi connectivity index (χ0n) is 17.7. The van der Waals surface area contributed by atoms with Gasteiger partial charge in [-0.15, -0.1) is 0 Å². The Labute approximate surface area is 193 Å². The van der Waals surface area contributed by atoms with Crippen LogP contribution in [0.4, 0.5) is 24.5 Å². The topological polar surface area (TPSA) is 92.8 Å². The number of nitrogens with one attached hydrogen (secondary N) is 1.